The van der Waals surface area contributed by atoms with Gasteiger partial charge in [-0.25, -0.2) is 0 Å². The Kier molecular flexibility index (Phi) is 6.07. The van der Waals surface area contributed by atoms with Gasteiger partial charge in [-0.2, -0.15) is 4.98 Å². The first-order valence-corrected chi connectivity index (χ1v) is 11.0. The van der Waals surface area contributed by atoms with E-state index in [9.17, 15) is 4.79 Å². The van der Waals surface area contributed by atoms with Crippen molar-refractivity contribution in [3.05, 3.63) is 65.0 Å². The van der Waals surface area contributed by atoms with Gasteiger partial charge in [-0.15, -0.1) is 0 Å². The van der Waals surface area contributed by atoms with E-state index in [4.69, 9.17) is 4.52 Å². The van der Waals surface area contributed by atoms with Crippen molar-refractivity contribution < 1.29 is 9.32 Å². The minimum absolute atomic E-state index is 0.0152. The van der Waals surface area contributed by atoms with Crippen LogP contribution in [-0.2, 0) is 13.0 Å². The second-order valence-corrected chi connectivity index (χ2v) is 8.74. The van der Waals surface area contributed by atoms with E-state index in [2.05, 4.69) is 52.4 Å². The van der Waals surface area contributed by atoms with Crippen molar-refractivity contribution in [1.29, 1.82) is 0 Å². The second-order valence-electron chi connectivity index (χ2n) is 8.74. The fraction of sp³-hybridized carbons (Fsp3) is 0.400. The molecule has 1 aliphatic heterocycles. The summed E-state index contributed by atoms with van der Waals surface area (Å²) in [5.74, 6) is 1.65. The van der Waals surface area contributed by atoms with Gasteiger partial charge in [0.05, 0.1) is 6.54 Å². The molecule has 0 saturated carbocycles. The normalized spacial score (nSPS) is 13.5. The number of carbonyl (C=O) groups is 1. The van der Waals surface area contributed by atoms with Crippen LogP contribution >= 0.6 is 0 Å². The first-order valence-electron chi connectivity index (χ1n) is 11.0. The second kappa shape index (κ2) is 8.92. The van der Waals surface area contributed by atoms with Gasteiger partial charge in [-0.3, -0.25) is 4.79 Å². The van der Waals surface area contributed by atoms with Gasteiger partial charge in [0.25, 0.3) is 5.91 Å². The van der Waals surface area contributed by atoms with Crippen molar-refractivity contribution in [3.63, 3.8) is 0 Å². The smallest absolute Gasteiger partial charge is 0.251 e. The molecule has 2 heterocycles. The summed E-state index contributed by atoms with van der Waals surface area (Å²) in [7, 11) is 0. The SMILES string of the molecule is CC(C)NC(=O)c1cccc2c1CCCN2Cc1nc(-c2ccc(C(C)C)cc2)no1. The van der Waals surface area contributed by atoms with Crippen LogP contribution in [-0.4, -0.2) is 28.6 Å². The third-order valence-electron chi connectivity index (χ3n) is 5.64. The minimum Gasteiger partial charge on any atom is -0.362 e. The van der Waals surface area contributed by atoms with Crippen molar-refractivity contribution >= 4 is 11.6 Å². The molecule has 0 spiro atoms. The zero-order chi connectivity index (χ0) is 22.0. The maximum absolute atomic E-state index is 12.6. The first-order chi connectivity index (χ1) is 14.9. The van der Waals surface area contributed by atoms with Crippen molar-refractivity contribution in [3.8, 4) is 11.4 Å². The lowest BCUT2D eigenvalue weighted by Gasteiger charge is -2.31. The molecule has 0 bridgehead atoms. The number of anilines is 1. The van der Waals surface area contributed by atoms with Gasteiger partial charge in [0, 0.05) is 29.4 Å². The lowest BCUT2D eigenvalue weighted by Crippen LogP contribution is -2.34. The van der Waals surface area contributed by atoms with Gasteiger partial charge in [0.1, 0.15) is 0 Å². The van der Waals surface area contributed by atoms with Gasteiger partial charge in [-0.05, 0) is 55.9 Å². The fourth-order valence-corrected chi connectivity index (χ4v) is 4.03. The average Bonchev–Trinajstić information content (AvgIpc) is 3.21. The van der Waals surface area contributed by atoms with E-state index < -0.39 is 0 Å². The summed E-state index contributed by atoms with van der Waals surface area (Å²) >= 11 is 0. The Morgan fingerprint density at radius 2 is 1.90 bits per heavy atom. The van der Waals surface area contributed by atoms with E-state index in [1.807, 2.05) is 38.1 Å². The molecule has 0 radical (unpaired) electrons. The highest BCUT2D eigenvalue weighted by molar-refractivity contribution is 5.97. The van der Waals surface area contributed by atoms with Crippen LogP contribution in [0.25, 0.3) is 11.4 Å². The highest BCUT2D eigenvalue weighted by Gasteiger charge is 2.24. The van der Waals surface area contributed by atoms with Crippen LogP contribution in [0, 0.1) is 0 Å². The molecule has 6 nitrogen and oxygen atoms in total. The summed E-state index contributed by atoms with van der Waals surface area (Å²) in [5, 5.41) is 7.19. The molecule has 31 heavy (non-hydrogen) atoms. The van der Waals surface area contributed by atoms with Crippen LogP contribution in [0.1, 0.15) is 67.4 Å². The van der Waals surface area contributed by atoms with Crippen LogP contribution in [0.4, 0.5) is 5.69 Å². The highest BCUT2D eigenvalue weighted by Crippen LogP contribution is 2.31. The predicted molar refractivity (Wildman–Crippen MR) is 122 cm³/mol. The number of rotatable bonds is 6. The number of benzene rings is 2. The van der Waals surface area contributed by atoms with Crippen molar-refractivity contribution in [1.82, 2.24) is 15.5 Å². The van der Waals surface area contributed by atoms with Crippen molar-refractivity contribution in [2.75, 3.05) is 11.4 Å². The molecule has 3 aromatic rings. The van der Waals surface area contributed by atoms with Crippen LogP contribution in [0.5, 0.6) is 0 Å². The molecule has 4 rings (SSSR count). The molecule has 162 valence electrons. The third-order valence-corrected chi connectivity index (χ3v) is 5.64. The number of amides is 1. The summed E-state index contributed by atoms with van der Waals surface area (Å²) in [6, 6.07) is 14.3. The van der Waals surface area contributed by atoms with E-state index in [0.717, 1.165) is 41.8 Å². The number of nitrogens with one attached hydrogen (secondary N) is 1. The zero-order valence-corrected chi connectivity index (χ0v) is 18.7. The van der Waals surface area contributed by atoms with E-state index in [1.54, 1.807) is 0 Å². The van der Waals surface area contributed by atoms with E-state index in [0.29, 0.717) is 24.2 Å². The van der Waals surface area contributed by atoms with Gasteiger partial charge in [0.2, 0.25) is 11.7 Å². The lowest BCUT2D eigenvalue weighted by atomic mass is 9.95. The standard InChI is InChI=1S/C25H30N4O2/c1-16(2)18-10-12-19(13-11-18)24-27-23(31-28-24)15-29-14-6-8-20-21(7-5-9-22(20)29)25(30)26-17(3)4/h5,7,9-13,16-17H,6,8,14-15H2,1-4H3,(H,26,30). The minimum atomic E-state index is -0.0152. The van der Waals surface area contributed by atoms with Crippen LogP contribution in [0.2, 0.25) is 0 Å². The Morgan fingerprint density at radius 1 is 1.13 bits per heavy atom. The lowest BCUT2D eigenvalue weighted by molar-refractivity contribution is 0.0942. The van der Waals surface area contributed by atoms with Crippen LogP contribution in [0.3, 0.4) is 0 Å². The van der Waals surface area contributed by atoms with Crippen LogP contribution < -0.4 is 10.2 Å². The monoisotopic (exact) mass is 418 g/mol. The molecule has 6 heteroatoms. The molecule has 0 atom stereocenters. The molecule has 2 aromatic carbocycles. The molecule has 1 aliphatic rings. The zero-order valence-electron chi connectivity index (χ0n) is 18.7. The van der Waals surface area contributed by atoms with Gasteiger partial charge >= 0.3 is 0 Å². The number of aromatic nitrogens is 2. The summed E-state index contributed by atoms with van der Waals surface area (Å²) < 4.78 is 5.56. The molecule has 0 saturated heterocycles. The molecule has 1 amide bonds. The van der Waals surface area contributed by atoms with Gasteiger partial charge in [-0.1, -0.05) is 49.3 Å². The topological polar surface area (TPSA) is 71.3 Å². The Balaban J connectivity index is 1.54. The van der Waals surface area contributed by atoms with Crippen LogP contribution in [0.15, 0.2) is 47.0 Å². The Hall–Kier alpha value is -3.15. The number of nitrogens with zero attached hydrogens (tertiary/aromatic N) is 3. The molecule has 1 N–H and O–H groups in total. The van der Waals surface area contributed by atoms with Crippen molar-refractivity contribution in [2.24, 2.45) is 0 Å². The summed E-state index contributed by atoms with van der Waals surface area (Å²) in [4.78, 5) is 19.5. The van der Waals surface area contributed by atoms with E-state index >= 15 is 0 Å². The fourth-order valence-electron chi connectivity index (χ4n) is 4.03. The molecular weight excluding hydrogens is 388 g/mol. The third kappa shape index (κ3) is 4.63. The number of carbonyl (C=O) groups excluding carboxylic acids is 1. The quantitative estimate of drug-likeness (QED) is 0.613. The molecule has 0 aliphatic carbocycles. The Labute approximate surface area is 183 Å². The van der Waals surface area contributed by atoms with E-state index in [1.165, 1.54) is 5.56 Å². The summed E-state index contributed by atoms with van der Waals surface area (Å²) in [6.45, 7) is 9.72. The Morgan fingerprint density at radius 3 is 2.61 bits per heavy atom. The number of hydrogen-bond acceptors (Lipinski definition) is 5. The summed E-state index contributed by atoms with van der Waals surface area (Å²) in [5.41, 5.74) is 5.16. The maximum atomic E-state index is 12.6. The predicted octanol–water partition coefficient (Wildman–Crippen LogP) is 4.95. The maximum Gasteiger partial charge on any atom is 0.251 e. The molecule has 1 aromatic heterocycles. The van der Waals surface area contributed by atoms with Crippen molar-refractivity contribution in [2.45, 2.75) is 59.0 Å². The van der Waals surface area contributed by atoms with Gasteiger partial charge in [0.15, 0.2) is 0 Å². The number of fused-ring (bicyclic) bond motifs is 1. The molecule has 0 fully saturated rings. The van der Waals surface area contributed by atoms with Gasteiger partial charge < -0.3 is 14.7 Å². The highest BCUT2D eigenvalue weighted by atomic mass is 16.5. The first kappa shape index (κ1) is 21.1. The largest absolute Gasteiger partial charge is 0.362 e. The molecular formula is C25H30N4O2. The van der Waals surface area contributed by atoms with E-state index in [-0.39, 0.29) is 11.9 Å². The Bertz CT molecular complexity index is 1050. The summed E-state index contributed by atoms with van der Waals surface area (Å²) in [6.07, 6.45) is 1.88. The number of hydrogen-bond donors (Lipinski definition) is 1. The average molecular weight is 419 g/mol. The molecule has 0 unspecified atom stereocenters.